The molecule has 5 heteroatoms. The number of nitrogens with one attached hydrogen (secondary N) is 2. The maximum absolute atomic E-state index is 11.9. The summed E-state index contributed by atoms with van der Waals surface area (Å²) >= 11 is 0. The third-order valence-corrected chi connectivity index (χ3v) is 2.54. The molecule has 0 bridgehead atoms. The van der Waals surface area contributed by atoms with Crippen molar-refractivity contribution in [2.24, 2.45) is 0 Å². The van der Waals surface area contributed by atoms with Gasteiger partial charge in [-0.1, -0.05) is 0 Å². The highest BCUT2D eigenvalue weighted by molar-refractivity contribution is 5.84. The second-order valence-corrected chi connectivity index (χ2v) is 5.59. The molecule has 0 radical (unpaired) electrons. The van der Waals surface area contributed by atoms with E-state index in [-0.39, 0.29) is 11.4 Å². The minimum atomic E-state index is -0.436. The minimum absolute atomic E-state index is 0.125. The zero-order valence-corrected chi connectivity index (χ0v) is 12.1. The summed E-state index contributed by atoms with van der Waals surface area (Å²) in [4.78, 5) is 11.9. The van der Waals surface area contributed by atoms with Gasteiger partial charge in [-0.3, -0.25) is 4.79 Å². The topological polar surface area (TPSA) is 88.7 Å². The van der Waals surface area contributed by atoms with Crippen LogP contribution in [0.15, 0.2) is 18.2 Å². The van der Waals surface area contributed by atoms with E-state index in [1.54, 1.807) is 25.1 Å². The van der Waals surface area contributed by atoms with Crippen LogP contribution in [0, 0.1) is 22.7 Å². The summed E-state index contributed by atoms with van der Waals surface area (Å²) < 4.78 is 0. The van der Waals surface area contributed by atoms with E-state index in [2.05, 4.69) is 10.6 Å². The van der Waals surface area contributed by atoms with Crippen LogP contribution in [0.25, 0.3) is 0 Å². The van der Waals surface area contributed by atoms with Crippen molar-refractivity contribution in [1.29, 1.82) is 10.5 Å². The summed E-state index contributed by atoms with van der Waals surface area (Å²) in [6.07, 6.45) is 0. The molecule has 0 saturated carbocycles. The van der Waals surface area contributed by atoms with Gasteiger partial charge in [0.1, 0.15) is 18.2 Å². The van der Waals surface area contributed by atoms with Crippen LogP contribution in [0.3, 0.4) is 0 Å². The lowest BCUT2D eigenvalue weighted by Crippen LogP contribution is -2.47. The summed E-state index contributed by atoms with van der Waals surface area (Å²) in [7, 11) is 0. The van der Waals surface area contributed by atoms with Crippen LogP contribution in [0.2, 0.25) is 0 Å². The van der Waals surface area contributed by atoms with E-state index in [1.807, 2.05) is 32.9 Å². The van der Waals surface area contributed by atoms with Gasteiger partial charge in [-0.25, -0.2) is 0 Å². The largest absolute Gasteiger partial charge is 0.374 e. The quantitative estimate of drug-likeness (QED) is 0.880. The molecule has 2 N–H and O–H groups in total. The fraction of sp³-hybridized carbons (Fsp3) is 0.400. The molecule has 0 fully saturated rings. The summed E-state index contributed by atoms with van der Waals surface area (Å²) in [5.74, 6) is -0.125. The first-order valence-corrected chi connectivity index (χ1v) is 6.29. The number of anilines is 1. The molecule has 104 valence electrons. The Bertz CT molecular complexity index is 587. The van der Waals surface area contributed by atoms with Gasteiger partial charge in [0.15, 0.2) is 0 Å². The van der Waals surface area contributed by atoms with Crippen molar-refractivity contribution in [2.45, 2.75) is 39.3 Å². The number of hydrogen-bond acceptors (Lipinski definition) is 4. The number of nitrogens with zero attached hydrogens (tertiary/aromatic N) is 2. The van der Waals surface area contributed by atoms with Crippen LogP contribution in [-0.2, 0) is 4.79 Å². The average Bonchev–Trinajstić information content (AvgIpc) is 2.36. The van der Waals surface area contributed by atoms with Crippen LogP contribution < -0.4 is 10.6 Å². The Morgan fingerprint density at radius 3 is 2.30 bits per heavy atom. The molecule has 0 aromatic heterocycles. The Morgan fingerprint density at radius 2 is 1.80 bits per heavy atom. The summed E-state index contributed by atoms with van der Waals surface area (Å²) in [6, 6.07) is 8.29. The number of benzene rings is 1. The lowest BCUT2D eigenvalue weighted by Gasteiger charge is -2.24. The van der Waals surface area contributed by atoms with Crippen molar-refractivity contribution < 1.29 is 4.79 Å². The van der Waals surface area contributed by atoms with Crippen molar-refractivity contribution >= 4 is 11.6 Å². The lowest BCUT2D eigenvalue weighted by atomic mass is 10.1. The number of carbonyl (C=O) groups is 1. The molecule has 1 unspecified atom stereocenters. The fourth-order valence-corrected chi connectivity index (χ4v) is 1.62. The number of carbonyl (C=O) groups excluding carboxylic acids is 1. The number of nitriles is 2. The first-order valence-electron chi connectivity index (χ1n) is 6.29. The third-order valence-electron chi connectivity index (χ3n) is 2.54. The molecule has 5 nitrogen and oxygen atoms in total. The zero-order chi connectivity index (χ0) is 15.3. The predicted molar refractivity (Wildman–Crippen MR) is 76.9 cm³/mol. The third kappa shape index (κ3) is 4.29. The summed E-state index contributed by atoms with van der Waals surface area (Å²) in [6.45, 7) is 7.47. The van der Waals surface area contributed by atoms with Crippen LogP contribution in [-0.4, -0.2) is 17.5 Å². The van der Waals surface area contributed by atoms with Gasteiger partial charge in [0.2, 0.25) is 5.91 Å². The highest BCUT2D eigenvalue weighted by atomic mass is 16.2. The van der Waals surface area contributed by atoms with E-state index in [4.69, 9.17) is 10.5 Å². The van der Waals surface area contributed by atoms with E-state index >= 15 is 0 Å². The molecule has 1 rings (SSSR count). The highest BCUT2D eigenvalue weighted by Gasteiger charge is 2.19. The van der Waals surface area contributed by atoms with Crippen molar-refractivity contribution in [3.05, 3.63) is 29.3 Å². The molecule has 20 heavy (non-hydrogen) atoms. The molecule has 0 aliphatic carbocycles. The first-order chi connectivity index (χ1) is 9.26. The van der Waals surface area contributed by atoms with E-state index < -0.39 is 6.04 Å². The van der Waals surface area contributed by atoms with E-state index in [9.17, 15) is 4.79 Å². The van der Waals surface area contributed by atoms with Gasteiger partial charge >= 0.3 is 0 Å². The standard InChI is InChI=1S/C15H18N4O/c1-10(14(20)19-15(2,3)4)18-13-6-5-11(8-16)12(7-13)9-17/h5-7,10,18H,1-4H3,(H,19,20). The van der Waals surface area contributed by atoms with Gasteiger partial charge in [-0.05, 0) is 45.9 Å². The number of rotatable bonds is 3. The van der Waals surface area contributed by atoms with E-state index in [0.717, 1.165) is 0 Å². The Hall–Kier alpha value is -2.53. The summed E-state index contributed by atoms with van der Waals surface area (Å²) in [5.41, 5.74) is 0.957. The van der Waals surface area contributed by atoms with Crippen molar-refractivity contribution in [3.63, 3.8) is 0 Å². The van der Waals surface area contributed by atoms with Crippen LogP contribution in [0.5, 0.6) is 0 Å². The molecule has 0 saturated heterocycles. The van der Waals surface area contributed by atoms with Gasteiger partial charge in [0.05, 0.1) is 11.1 Å². The normalized spacial score (nSPS) is 11.9. The van der Waals surface area contributed by atoms with Gasteiger partial charge in [0, 0.05) is 11.2 Å². The molecule has 1 atom stereocenters. The monoisotopic (exact) mass is 270 g/mol. The van der Waals surface area contributed by atoms with Gasteiger partial charge in [-0.15, -0.1) is 0 Å². The Labute approximate surface area is 119 Å². The van der Waals surface area contributed by atoms with Crippen LogP contribution in [0.1, 0.15) is 38.8 Å². The zero-order valence-electron chi connectivity index (χ0n) is 12.1. The molecule has 0 aliphatic heterocycles. The van der Waals surface area contributed by atoms with Crippen molar-refractivity contribution in [1.82, 2.24) is 5.32 Å². The van der Waals surface area contributed by atoms with Crippen molar-refractivity contribution in [2.75, 3.05) is 5.32 Å². The molecule has 1 aromatic carbocycles. The molecule has 1 aromatic rings. The van der Waals surface area contributed by atoms with E-state index in [0.29, 0.717) is 16.8 Å². The molecule has 0 spiro atoms. The van der Waals surface area contributed by atoms with Gasteiger partial charge in [0.25, 0.3) is 0 Å². The van der Waals surface area contributed by atoms with Crippen LogP contribution >= 0.6 is 0 Å². The predicted octanol–water partition coefficient (Wildman–Crippen LogP) is 2.15. The first kappa shape index (κ1) is 15.5. The summed E-state index contributed by atoms with van der Waals surface area (Å²) in [5, 5.41) is 23.7. The van der Waals surface area contributed by atoms with E-state index in [1.165, 1.54) is 0 Å². The second kappa shape index (κ2) is 6.08. The minimum Gasteiger partial charge on any atom is -0.374 e. The number of hydrogen-bond donors (Lipinski definition) is 2. The Morgan fingerprint density at radius 1 is 1.20 bits per heavy atom. The fourth-order valence-electron chi connectivity index (χ4n) is 1.62. The smallest absolute Gasteiger partial charge is 0.242 e. The van der Waals surface area contributed by atoms with Crippen LogP contribution in [0.4, 0.5) is 5.69 Å². The molecular formula is C15H18N4O. The van der Waals surface area contributed by atoms with Gasteiger partial charge in [-0.2, -0.15) is 10.5 Å². The maximum Gasteiger partial charge on any atom is 0.242 e. The average molecular weight is 270 g/mol. The second-order valence-electron chi connectivity index (χ2n) is 5.59. The Kier molecular flexibility index (Phi) is 4.72. The SMILES string of the molecule is CC(Nc1ccc(C#N)c(C#N)c1)C(=O)NC(C)(C)C. The van der Waals surface area contributed by atoms with Crippen molar-refractivity contribution in [3.8, 4) is 12.1 Å². The van der Waals surface area contributed by atoms with Gasteiger partial charge < -0.3 is 10.6 Å². The molecular weight excluding hydrogens is 252 g/mol. The molecule has 0 heterocycles. The molecule has 0 aliphatic rings. The maximum atomic E-state index is 11.9. The number of amides is 1. The molecule has 1 amide bonds. The Balaban J connectivity index is 2.82. The highest BCUT2D eigenvalue weighted by Crippen LogP contribution is 2.15. The lowest BCUT2D eigenvalue weighted by molar-refractivity contribution is -0.122.